The monoisotopic (exact) mass is 224 g/mol. The van der Waals surface area contributed by atoms with Crippen LogP contribution >= 0.6 is 11.6 Å². The molecule has 1 aliphatic rings. The van der Waals surface area contributed by atoms with Gasteiger partial charge in [0.25, 0.3) is 0 Å². The van der Waals surface area contributed by atoms with E-state index in [2.05, 4.69) is 28.4 Å². The maximum atomic E-state index is 6.28. The minimum Gasteiger partial charge on any atom is -0.370 e. The summed E-state index contributed by atoms with van der Waals surface area (Å²) in [5.41, 5.74) is 2.43. The maximum absolute atomic E-state index is 6.28. The molecule has 3 heteroatoms. The number of halogens is 1. The highest BCUT2D eigenvalue weighted by Gasteiger charge is 2.14. The van der Waals surface area contributed by atoms with Gasteiger partial charge in [-0.05, 0) is 37.6 Å². The normalized spacial score (nSPS) is 16.0. The second-order valence-electron chi connectivity index (χ2n) is 4.01. The van der Waals surface area contributed by atoms with E-state index in [-0.39, 0.29) is 0 Å². The standard InChI is InChI=1S/C12H17ClN2/c1-14-9-10-4-5-12(11(13)8-10)15-6-2-3-7-15/h4-5,8,14H,2-3,6-7,9H2,1H3. The van der Waals surface area contributed by atoms with Crippen molar-refractivity contribution in [2.45, 2.75) is 19.4 Å². The van der Waals surface area contributed by atoms with Gasteiger partial charge in [-0.1, -0.05) is 17.7 Å². The van der Waals surface area contributed by atoms with Gasteiger partial charge in [-0.15, -0.1) is 0 Å². The molecule has 0 amide bonds. The van der Waals surface area contributed by atoms with E-state index < -0.39 is 0 Å². The van der Waals surface area contributed by atoms with Crippen LogP contribution in [-0.4, -0.2) is 20.1 Å². The molecule has 0 aliphatic carbocycles. The lowest BCUT2D eigenvalue weighted by molar-refractivity contribution is 0.817. The highest BCUT2D eigenvalue weighted by Crippen LogP contribution is 2.29. The smallest absolute Gasteiger partial charge is 0.0642 e. The van der Waals surface area contributed by atoms with Crippen molar-refractivity contribution in [3.8, 4) is 0 Å². The minimum absolute atomic E-state index is 0.875. The summed E-state index contributed by atoms with van der Waals surface area (Å²) in [6.07, 6.45) is 2.57. The molecule has 1 heterocycles. The van der Waals surface area contributed by atoms with Crippen molar-refractivity contribution in [2.24, 2.45) is 0 Å². The van der Waals surface area contributed by atoms with Crippen LogP contribution in [0.25, 0.3) is 0 Å². The first kappa shape index (κ1) is 10.8. The van der Waals surface area contributed by atoms with Crippen molar-refractivity contribution >= 4 is 17.3 Å². The molecule has 0 unspecified atom stereocenters. The van der Waals surface area contributed by atoms with Crippen molar-refractivity contribution in [1.29, 1.82) is 0 Å². The first-order valence-electron chi connectivity index (χ1n) is 5.49. The summed E-state index contributed by atoms with van der Waals surface area (Å²) < 4.78 is 0. The lowest BCUT2D eigenvalue weighted by Crippen LogP contribution is -2.18. The van der Waals surface area contributed by atoms with E-state index in [1.54, 1.807) is 0 Å². The number of hydrogen-bond acceptors (Lipinski definition) is 2. The summed E-state index contributed by atoms with van der Waals surface area (Å²) in [6.45, 7) is 3.16. The van der Waals surface area contributed by atoms with Gasteiger partial charge in [0.15, 0.2) is 0 Å². The predicted molar refractivity (Wildman–Crippen MR) is 65.7 cm³/mol. The Kier molecular flexibility index (Phi) is 3.49. The average molecular weight is 225 g/mol. The zero-order valence-corrected chi connectivity index (χ0v) is 9.85. The minimum atomic E-state index is 0.875. The SMILES string of the molecule is CNCc1ccc(N2CCCC2)c(Cl)c1. The molecule has 0 saturated carbocycles. The molecule has 0 bridgehead atoms. The topological polar surface area (TPSA) is 15.3 Å². The quantitative estimate of drug-likeness (QED) is 0.850. The van der Waals surface area contributed by atoms with Crippen LogP contribution in [0.3, 0.4) is 0 Å². The fourth-order valence-electron chi connectivity index (χ4n) is 2.08. The summed E-state index contributed by atoms with van der Waals surface area (Å²) in [5.74, 6) is 0. The predicted octanol–water partition coefficient (Wildman–Crippen LogP) is 2.66. The largest absolute Gasteiger partial charge is 0.370 e. The molecule has 2 nitrogen and oxygen atoms in total. The number of nitrogens with zero attached hydrogens (tertiary/aromatic N) is 1. The van der Waals surface area contributed by atoms with Crippen LogP contribution in [0, 0.1) is 0 Å². The van der Waals surface area contributed by atoms with Gasteiger partial charge in [-0.3, -0.25) is 0 Å². The zero-order chi connectivity index (χ0) is 10.7. The first-order valence-corrected chi connectivity index (χ1v) is 5.87. The number of rotatable bonds is 3. The van der Waals surface area contributed by atoms with Crippen LogP contribution in [0.15, 0.2) is 18.2 Å². The molecule has 0 spiro atoms. The number of benzene rings is 1. The molecule has 2 rings (SSSR count). The molecular formula is C12H17ClN2. The Morgan fingerprint density at radius 2 is 2.07 bits per heavy atom. The average Bonchev–Trinajstić information content (AvgIpc) is 2.71. The Labute approximate surface area is 96.2 Å². The van der Waals surface area contributed by atoms with Crippen LogP contribution in [0.4, 0.5) is 5.69 Å². The van der Waals surface area contributed by atoms with Crippen molar-refractivity contribution in [3.63, 3.8) is 0 Å². The van der Waals surface area contributed by atoms with Crippen LogP contribution in [-0.2, 0) is 6.54 Å². The Morgan fingerprint density at radius 3 is 2.67 bits per heavy atom. The molecule has 15 heavy (non-hydrogen) atoms. The van der Waals surface area contributed by atoms with Crippen LogP contribution in [0.1, 0.15) is 18.4 Å². The molecule has 1 fully saturated rings. The number of nitrogens with one attached hydrogen (secondary N) is 1. The van der Waals surface area contributed by atoms with Crippen molar-refractivity contribution in [1.82, 2.24) is 5.32 Å². The summed E-state index contributed by atoms with van der Waals surface area (Å²) in [7, 11) is 1.95. The van der Waals surface area contributed by atoms with Gasteiger partial charge in [0.1, 0.15) is 0 Å². The summed E-state index contributed by atoms with van der Waals surface area (Å²) in [5, 5.41) is 4.01. The van der Waals surface area contributed by atoms with E-state index in [0.29, 0.717) is 0 Å². The Balaban J connectivity index is 2.18. The molecular weight excluding hydrogens is 208 g/mol. The Morgan fingerprint density at radius 1 is 1.33 bits per heavy atom. The molecule has 82 valence electrons. The second-order valence-corrected chi connectivity index (χ2v) is 4.42. The van der Waals surface area contributed by atoms with E-state index in [0.717, 1.165) is 24.7 Å². The number of hydrogen-bond donors (Lipinski definition) is 1. The first-order chi connectivity index (χ1) is 7.31. The summed E-state index contributed by atoms with van der Waals surface area (Å²) in [6, 6.07) is 6.35. The Bertz CT molecular complexity index is 332. The molecule has 1 aromatic rings. The van der Waals surface area contributed by atoms with Gasteiger partial charge in [-0.25, -0.2) is 0 Å². The third-order valence-electron chi connectivity index (χ3n) is 2.84. The van der Waals surface area contributed by atoms with E-state index in [1.807, 2.05) is 7.05 Å². The van der Waals surface area contributed by atoms with Gasteiger partial charge in [0.2, 0.25) is 0 Å². The molecule has 1 saturated heterocycles. The fraction of sp³-hybridized carbons (Fsp3) is 0.500. The van der Waals surface area contributed by atoms with Crippen molar-refractivity contribution in [3.05, 3.63) is 28.8 Å². The van der Waals surface area contributed by atoms with Crippen LogP contribution in [0.5, 0.6) is 0 Å². The molecule has 1 aliphatic heterocycles. The zero-order valence-electron chi connectivity index (χ0n) is 9.09. The lowest BCUT2D eigenvalue weighted by Gasteiger charge is -2.19. The van der Waals surface area contributed by atoms with E-state index in [4.69, 9.17) is 11.6 Å². The number of anilines is 1. The van der Waals surface area contributed by atoms with Crippen molar-refractivity contribution in [2.75, 3.05) is 25.0 Å². The van der Waals surface area contributed by atoms with E-state index in [1.165, 1.54) is 24.1 Å². The third-order valence-corrected chi connectivity index (χ3v) is 3.14. The van der Waals surface area contributed by atoms with Gasteiger partial charge in [0.05, 0.1) is 10.7 Å². The summed E-state index contributed by atoms with van der Waals surface area (Å²) >= 11 is 6.28. The van der Waals surface area contributed by atoms with E-state index in [9.17, 15) is 0 Å². The van der Waals surface area contributed by atoms with Gasteiger partial charge >= 0.3 is 0 Å². The molecule has 0 atom stereocenters. The summed E-state index contributed by atoms with van der Waals surface area (Å²) in [4.78, 5) is 2.37. The third kappa shape index (κ3) is 2.44. The fourth-order valence-corrected chi connectivity index (χ4v) is 2.40. The Hall–Kier alpha value is -0.730. The highest BCUT2D eigenvalue weighted by atomic mass is 35.5. The van der Waals surface area contributed by atoms with Gasteiger partial charge < -0.3 is 10.2 Å². The highest BCUT2D eigenvalue weighted by molar-refractivity contribution is 6.33. The molecule has 0 radical (unpaired) electrons. The van der Waals surface area contributed by atoms with Crippen LogP contribution in [0.2, 0.25) is 5.02 Å². The second kappa shape index (κ2) is 4.86. The lowest BCUT2D eigenvalue weighted by atomic mass is 10.2. The van der Waals surface area contributed by atoms with E-state index >= 15 is 0 Å². The maximum Gasteiger partial charge on any atom is 0.0642 e. The van der Waals surface area contributed by atoms with Gasteiger partial charge in [-0.2, -0.15) is 0 Å². The van der Waals surface area contributed by atoms with Crippen molar-refractivity contribution < 1.29 is 0 Å². The molecule has 0 aromatic heterocycles. The molecule has 1 N–H and O–H groups in total. The van der Waals surface area contributed by atoms with Gasteiger partial charge in [0, 0.05) is 19.6 Å². The molecule has 1 aromatic carbocycles. The van der Waals surface area contributed by atoms with Crippen LogP contribution < -0.4 is 10.2 Å².